The highest BCUT2D eigenvalue weighted by Crippen LogP contribution is 2.42. The Hall–Kier alpha value is -6.42. The summed E-state index contributed by atoms with van der Waals surface area (Å²) in [5, 5.41) is 7.70. The molecule has 0 aliphatic heterocycles. The summed E-state index contributed by atoms with van der Waals surface area (Å²) in [5.41, 5.74) is 13.4. The van der Waals surface area contributed by atoms with E-state index in [1.165, 1.54) is 97.3 Å². The molecule has 3 heterocycles. The van der Waals surface area contributed by atoms with Crippen molar-refractivity contribution in [2.45, 2.75) is 6.92 Å². The topological polar surface area (TPSA) is 9.86 Å². The van der Waals surface area contributed by atoms with E-state index in [1.807, 2.05) is 11.3 Å². The molecule has 0 bridgehead atoms. The second-order valence-electron chi connectivity index (χ2n) is 13.8. The molecule has 0 saturated heterocycles. The standard InChI is InChI=1S/C49H32N2S/c1-31-18-25-38-41-30-35(22-27-44(41)51(46(38)28-31)45-15-9-17-48-49(45)39-13-6-8-16-47(39)52-48)34-21-26-43-40(29-34)37-12-5-7-14-42(37)50(43)36-23-19-33(20-24-36)32-10-3-2-4-11-32/h2-30H,1H3. The van der Waals surface area contributed by atoms with Crippen LogP contribution < -0.4 is 0 Å². The van der Waals surface area contributed by atoms with Crippen molar-refractivity contribution in [3.8, 4) is 33.6 Å². The zero-order valence-corrected chi connectivity index (χ0v) is 29.4. The Kier molecular flexibility index (Phi) is 6.37. The van der Waals surface area contributed by atoms with Gasteiger partial charge in [-0.3, -0.25) is 0 Å². The number of aromatic nitrogens is 2. The molecule has 0 aliphatic rings. The average molecular weight is 681 g/mol. The van der Waals surface area contributed by atoms with Gasteiger partial charge >= 0.3 is 0 Å². The average Bonchev–Trinajstić information content (AvgIpc) is 3.85. The van der Waals surface area contributed by atoms with Gasteiger partial charge in [-0.2, -0.15) is 0 Å². The minimum Gasteiger partial charge on any atom is -0.309 e. The van der Waals surface area contributed by atoms with Crippen molar-refractivity contribution in [3.63, 3.8) is 0 Å². The molecule has 3 heteroatoms. The SMILES string of the molecule is Cc1ccc2c3cc(-c4ccc5c(c4)c4ccccc4n5-c4ccc(-c5ccccc5)cc4)ccc3n(-c3cccc4sc5ccccc5c34)c2c1. The maximum atomic E-state index is 2.49. The molecule has 0 unspecified atom stereocenters. The summed E-state index contributed by atoms with van der Waals surface area (Å²) in [6.07, 6.45) is 0. The van der Waals surface area contributed by atoms with Gasteiger partial charge < -0.3 is 9.13 Å². The van der Waals surface area contributed by atoms with Gasteiger partial charge in [0.1, 0.15) is 0 Å². The molecule has 11 rings (SSSR count). The van der Waals surface area contributed by atoms with E-state index in [-0.39, 0.29) is 0 Å². The summed E-state index contributed by atoms with van der Waals surface area (Å²) in [7, 11) is 0. The quantitative estimate of drug-likeness (QED) is 0.175. The molecule has 0 amide bonds. The number of benzene rings is 8. The fraction of sp³-hybridized carbons (Fsp3) is 0.0204. The Balaban J connectivity index is 1.09. The second kappa shape index (κ2) is 11.3. The van der Waals surface area contributed by atoms with Crippen LogP contribution in [0.5, 0.6) is 0 Å². The monoisotopic (exact) mass is 680 g/mol. The lowest BCUT2D eigenvalue weighted by atomic mass is 10.0. The van der Waals surface area contributed by atoms with E-state index < -0.39 is 0 Å². The van der Waals surface area contributed by atoms with Crippen molar-refractivity contribution in [2.75, 3.05) is 0 Å². The lowest BCUT2D eigenvalue weighted by molar-refractivity contribution is 1.18. The molecular formula is C49H32N2S. The first kappa shape index (κ1) is 29.3. The maximum absolute atomic E-state index is 2.49. The third kappa shape index (κ3) is 4.36. The highest BCUT2D eigenvalue weighted by atomic mass is 32.1. The first-order valence-corrected chi connectivity index (χ1v) is 18.7. The van der Waals surface area contributed by atoms with Crippen molar-refractivity contribution >= 4 is 75.1 Å². The number of para-hydroxylation sites is 1. The summed E-state index contributed by atoms with van der Waals surface area (Å²) in [5.74, 6) is 0. The zero-order chi connectivity index (χ0) is 34.3. The smallest absolute Gasteiger partial charge is 0.0555 e. The van der Waals surface area contributed by atoms with E-state index in [9.17, 15) is 0 Å². The molecule has 2 nitrogen and oxygen atoms in total. The van der Waals surface area contributed by atoms with E-state index in [2.05, 4.69) is 192 Å². The molecule has 0 N–H and O–H groups in total. The van der Waals surface area contributed by atoms with E-state index >= 15 is 0 Å². The molecule has 0 fully saturated rings. The number of hydrogen-bond donors (Lipinski definition) is 0. The van der Waals surface area contributed by atoms with Crippen LogP contribution in [0.3, 0.4) is 0 Å². The number of rotatable bonds is 4. The third-order valence-corrected chi connectivity index (χ3v) is 11.9. The van der Waals surface area contributed by atoms with Crippen LogP contribution in [0.25, 0.3) is 97.4 Å². The second-order valence-corrected chi connectivity index (χ2v) is 14.9. The lowest BCUT2D eigenvalue weighted by Crippen LogP contribution is -1.95. The number of fused-ring (bicyclic) bond motifs is 9. The molecule has 244 valence electrons. The Bertz CT molecular complexity index is 3180. The van der Waals surface area contributed by atoms with Crippen molar-refractivity contribution in [1.82, 2.24) is 9.13 Å². The largest absolute Gasteiger partial charge is 0.309 e. The molecule has 0 aliphatic carbocycles. The fourth-order valence-corrected chi connectivity index (χ4v) is 9.50. The van der Waals surface area contributed by atoms with Gasteiger partial charge in [0.15, 0.2) is 0 Å². The van der Waals surface area contributed by atoms with Crippen LogP contribution in [0.15, 0.2) is 176 Å². The van der Waals surface area contributed by atoms with Crippen molar-refractivity contribution in [3.05, 3.63) is 181 Å². The van der Waals surface area contributed by atoms with E-state index in [4.69, 9.17) is 0 Å². The van der Waals surface area contributed by atoms with E-state index in [1.54, 1.807) is 0 Å². The van der Waals surface area contributed by atoms with Crippen LogP contribution in [-0.2, 0) is 0 Å². The molecule has 0 radical (unpaired) electrons. The Labute approximate surface area is 305 Å². The maximum Gasteiger partial charge on any atom is 0.0555 e. The van der Waals surface area contributed by atoms with E-state index in [0.29, 0.717) is 0 Å². The normalized spacial score (nSPS) is 11.9. The fourth-order valence-electron chi connectivity index (χ4n) is 8.38. The summed E-state index contributed by atoms with van der Waals surface area (Å²) in [6, 6.07) is 64.8. The predicted molar refractivity (Wildman–Crippen MR) is 224 cm³/mol. The van der Waals surface area contributed by atoms with Crippen LogP contribution in [-0.4, -0.2) is 9.13 Å². The molecule has 0 saturated carbocycles. The summed E-state index contributed by atoms with van der Waals surface area (Å²) in [6.45, 7) is 2.19. The van der Waals surface area contributed by atoms with Gasteiger partial charge in [0.05, 0.1) is 27.8 Å². The minimum absolute atomic E-state index is 1.16. The number of thiophene rings is 1. The van der Waals surface area contributed by atoms with Gasteiger partial charge in [0, 0.05) is 47.4 Å². The highest BCUT2D eigenvalue weighted by Gasteiger charge is 2.19. The van der Waals surface area contributed by atoms with Gasteiger partial charge in [-0.15, -0.1) is 11.3 Å². The molecule has 11 aromatic rings. The van der Waals surface area contributed by atoms with Crippen LogP contribution in [0.1, 0.15) is 5.56 Å². The van der Waals surface area contributed by atoms with Crippen LogP contribution in [0.4, 0.5) is 0 Å². The van der Waals surface area contributed by atoms with Gasteiger partial charge in [-0.25, -0.2) is 0 Å². The predicted octanol–water partition coefficient (Wildman–Crippen LogP) is 13.9. The van der Waals surface area contributed by atoms with Crippen molar-refractivity contribution in [2.24, 2.45) is 0 Å². The van der Waals surface area contributed by atoms with Crippen molar-refractivity contribution < 1.29 is 0 Å². The van der Waals surface area contributed by atoms with Crippen LogP contribution in [0, 0.1) is 6.92 Å². The van der Waals surface area contributed by atoms with Gasteiger partial charge in [0.25, 0.3) is 0 Å². The third-order valence-electron chi connectivity index (χ3n) is 10.8. The molecule has 52 heavy (non-hydrogen) atoms. The first-order chi connectivity index (χ1) is 25.7. The highest BCUT2D eigenvalue weighted by molar-refractivity contribution is 7.25. The lowest BCUT2D eigenvalue weighted by Gasteiger charge is -2.11. The summed E-state index contributed by atoms with van der Waals surface area (Å²) >= 11 is 1.87. The number of hydrogen-bond acceptors (Lipinski definition) is 1. The zero-order valence-electron chi connectivity index (χ0n) is 28.5. The molecular weight excluding hydrogens is 649 g/mol. The Morgan fingerprint density at radius 1 is 0.365 bits per heavy atom. The molecule has 0 spiro atoms. The van der Waals surface area contributed by atoms with Crippen LogP contribution >= 0.6 is 11.3 Å². The Morgan fingerprint density at radius 2 is 0.962 bits per heavy atom. The molecule has 0 atom stereocenters. The van der Waals surface area contributed by atoms with Crippen molar-refractivity contribution in [1.29, 1.82) is 0 Å². The first-order valence-electron chi connectivity index (χ1n) is 17.8. The van der Waals surface area contributed by atoms with Gasteiger partial charge in [0.2, 0.25) is 0 Å². The van der Waals surface area contributed by atoms with Gasteiger partial charge in [-0.05, 0) is 101 Å². The van der Waals surface area contributed by atoms with Gasteiger partial charge in [-0.1, -0.05) is 109 Å². The summed E-state index contributed by atoms with van der Waals surface area (Å²) in [4.78, 5) is 0. The van der Waals surface area contributed by atoms with E-state index in [0.717, 1.165) is 5.69 Å². The minimum atomic E-state index is 1.16. The molecule has 3 aromatic heterocycles. The Morgan fingerprint density at radius 3 is 1.75 bits per heavy atom. The summed E-state index contributed by atoms with van der Waals surface area (Å²) < 4.78 is 7.53. The molecule has 8 aromatic carbocycles. The number of aryl methyl sites for hydroxylation is 1. The van der Waals surface area contributed by atoms with Crippen LogP contribution in [0.2, 0.25) is 0 Å². The number of nitrogens with zero attached hydrogens (tertiary/aromatic N) is 2.